The Bertz CT molecular complexity index is 443. The number of hydrogen-bond acceptors (Lipinski definition) is 3. The Morgan fingerprint density at radius 1 is 1.44 bits per heavy atom. The van der Waals surface area contributed by atoms with Crippen molar-refractivity contribution in [1.29, 1.82) is 5.26 Å². The smallest absolute Gasteiger partial charge is 0.369 e. The summed E-state index contributed by atoms with van der Waals surface area (Å²) < 4.78 is 38.0. The van der Waals surface area contributed by atoms with E-state index in [-0.39, 0.29) is 24.1 Å². The molecule has 3 nitrogen and oxygen atoms in total. The van der Waals surface area contributed by atoms with Crippen molar-refractivity contribution in [3.63, 3.8) is 0 Å². The second-order valence-electron chi connectivity index (χ2n) is 3.74. The van der Waals surface area contributed by atoms with Gasteiger partial charge in [-0.2, -0.15) is 18.4 Å². The van der Waals surface area contributed by atoms with E-state index in [9.17, 15) is 13.2 Å². The number of aromatic nitrogens is 1. The van der Waals surface area contributed by atoms with Crippen LogP contribution in [0, 0.1) is 11.3 Å². The lowest BCUT2D eigenvalue weighted by molar-refractivity contribution is -0.151. The fourth-order valence-corrected chi connectivity index (χ4v) is 1.45. The third-order valence-electron chi connectivity index (χ3n) is 2.61. The van der Waals surface area contributed by atoms with E-state index >= 15 is 0 Å². The summed E-state index contributed by atoms with van der Waals surface area (Å²) >= 11 is 0. The molecule has 0 radical (unpaired) electrons. The molecule has 6 heteroatoms. The molecule has 1 fully saturated rings. The lowest BCUT2D eigenvalue weighted by Gasteiger charge is -2.22. The maximum absolute atomic E-state index is 12.7. The van der Waals surface area contributed by atoms with E-state index in [4.69, 9.17) is 5.26 Å². The molecule has 1 heterocycles. The van der Waals surface area contributed by atoms with E-state index in [1.54, 1.807) is 0 Å². The summed E-state index contributed by atoms with van der Waals surface area (Å²) in [7, 11) is 0. The van der Waals surface area contributed by atoms with Crippen molar-refractivity contribution in [3.05, 3.63) is 24.0 Å². The highest BCUT2D eigenvalue weighted by atomic mass is 19.4. The molecule has 84 valence electrons. The molecule has 0 spiro atoms. The predicted molar refractivity (Wildman–Crippen MR) is 50.6 cm³/mol. The lowest BCUT2D eigenvalue weighted by atomic mass is 10.2. The van der Waals surface area contributed by atoms with E-state index in [0.717, 1.165) is 0 Å². The number of halogens is 3. The van der Waals surface area contributed by atoms with Crippen LogP contribution in [0.15, 0.2) is 18.5 Å². The summed E-state index contributed by atoms with van der Waals surface area (Å²) in [6.45, 7) is 0. The highest BCUT2D eigenvalue weighted by Crippen LogP contribution is 2.51. The molecule has 1 aliphatic carbocycles. The first-order valence-electron chi connectivity index (χ1n) is 4.67. The van der Waals surface area contributed by atoms with Gasteiger partial charge in [0.2, 0.25) is 0 Å². The first kappa shape index (κ1) is 10.7. The Morgan fingerprint density at radius 2 is 2.12 bits per heavy atom. The van der Waals surface area contributed by atoms with Gasteiger partial charge in [0.05, 0.1) is 17.4 Å². The summed E-state index contributed by atoms with van der Waals surface area (Å²) in [5.41, 5.74) is -1.55. The summed E-state index contributed by atoms with van der Waals surface area (Å²) in [6.07, 6.45) is -1.61. The molecular formula is C10H8F3N3. The van der Waals surface area contributed by atoms with E-state index < -0.39 is 11.7 Å². The van der Waals surface area contributed by atoms with Crippen LogP contribution in [0.2, 0.25) is 0 Å². The van der Waals surface area contributed by atoms with Crippen LogP contribution in [0.5, 0.6) is 0 Å². The van der Waals surface area contributed by atoms with Gasteiger partial charge in [0, 0.05) is 6.20 Å². The van der Waals surface area contributed by atoms with Crippen molar-refractivity contribution in [2.45, 2.75) is 24.6 Å². The summed E-state index contributed by atoms with van der Waals surface area (Å²) in [5.74, 6) is 0. The highest BCUT2D eigenvalue weighted by Gasteiger charge is 2.63. The highest BCUT2D eigenvalue weighted by molar-refractivity contribution is 5.58. The van der Waals surface area contributed by atoms with Gasteiger partial charge in [-0.15, -0.1) is 0 Å². The molecule has 0 saturated heterocycles. The molecule has 0 bridgehead atoms. The quantitative estimate of drug-likeness (QED) is 0.844. The van der Waals surface area contributed by atoms with Crippen molar-refractivity contribution in [2.75, 3.05) is 5.32 Å². The molecule has 0 amide bonds. The van der Waals surface area contributed by atoms with Gasteiger partial charge < -0.3 is 5.32 Å². The Labute approximate surface area is 89.9 Å². The number of nitrogens with one attached hydrogen (secondary N) is 1. The van der Waals surface area contributed by atoms with Gasteiger partial charge in [0.15, 0.2) is 0 Å². The second-order valence-corrected chi connectivity index (χ2v) is 3.74. The van der Waals surface area contributed by atoms with E-state index in [1.165, 1.54) is 18.5 Å². The van der Waals surface area contributed by atoms with E-state index in [0.29, 0.717) is 0 Å². The molecule has 1 aromatic rings. The third-order valence-corrected chi connectivity index (χ3v) is 2.61. The predicted octanol–water partition coefficient (Wildman–Crippen LogP) is 2.46. The molecule has 0 aromatic carbocycles. The molecule has 1 saturated carbocycles. The van der Waals surface area contributed by atoms with Crippen LogP contribution in [0.1, 0.15) is 18.4 Å². The zero-order chi connectivity index (χ0) is 11.8. The minimum atomic E-state index is -4.30. The number of anilines is 1. The summed E-state index contributed by atoms with van der Waals surface area (Å²) in [6, 6.07) is 3.21. The molecule has 0 unspecified atom stereocenters. The van der Waals surface area contributed by atoms with Crippen LogP contribution >= 0.6 is 0 Å². The van der Waals surface area contributed by atoms with Gasteiger partial charge in [-0.25, -0.2) is 0 Å². The van der Waals surface area contributed by atoms with Gasteiger partial charge in [0.1, 0.15) is 11.6 Å². The lowest BCUT2D eigenvalue weighted by Crippen LogP contribution is -2.38. The monoisotopic (exact) mass is 227 g/mol. The number of pyridine rings is 1. The Balaban J connectivity index is 2.26. The molecule has 16 heavy (non-hydrogen) atoms. The van der Waals surface area contributed by atoms with Crippen molar-refractivity contribution in [3.8, 4) is 6.07 Å². The Hall–Kier alpha value is -1.77. The summed E-state index contributed by atoms with van der Waals surface area (Å²) in [5, 5.41) is 11.1. The topological polar surface area (TPSA) is 48.7 Å². The van der Waals surface area contributed by atoms with Crippen molar-refractivity contribution in [1.82, 2.24) is 4.98 Å². The normalized spacial score (nSPS) is 17.6. The first-order valence-corrected chi connectivity index (χ1v) is 4.67. The number of nitriles is 1. The molecule has 1 N–H and O–H groups in total. The average Bonchev–Trinajstić information content (AvgIpc) is 2.99. The molecule has 0 aliphatic heterocycles. The summed E-state index contributed by atoms with van der Waals surface area (Å²) in [4.78, 5) is 3.71. The zero-order valence-corrected chi connectivity index (χ0v) is 8.17. The van der Waals surface area contributed by atoms with Gasteiger partial charge in [0.25, 0.3) is 0 Å². The standard InChI is InChI=1S/C10H8F3N3/c11-10(12,13)9(2-3-9)16-8-6-15-4-1-7(8)5-14/h1,4,6,16H,2-3H2. The molecule has 1 aliphatic rings. The van der Waals surface area contributed by atoms with Crippen LogP contribution in [0.4, 0.5) is 18.9 Å². The Kier molecular flexibility index (Phi) is 2.26. The molecular weight excluding hydrogens is 219 g/mol. The van der Waals surface area contributed by atoms with Gasteiger partial charge in [-0.1, -0.05) is 0 Å². The van der Waals surface area contributed by atoms with Gasteiger partial charge >= 0.3 is 6.18 Å². The van der Waals surface area contributed by atoms with Crippen LogP contribution in [0.3, 0.4) is 0 Å². The second kappa shape index (κ2) is 3.37. The largest absolute Gasteiger partial charge is 0.411 e. The maximum atomic E-state index is 12.7. The maximum Gasteiger partial charge on any atom is 0.411 e. The van der Waals surface area contributed by atoms with Crippen LogP contribution in [-0.2, 0) is 0 Å². The molecule has 2 rings (SSSR count). The van der Waals surface area contributed by atoms with Crippen molar-refractivity contribution >= 4 is 5.69 Å². The van der Waals surface area contributed by atoms with E-state index in [2.05, 4.69) is 10.3 Å². The van der Waals surface area contributed by atoms with Crippen LogP contribution < -0.4 is 5.32 Å². The van der Waals surface area contributed by atoms with Gasteiger partial charge in [-0.3, -0.25) is 4.98 Å². The van der Waals surface area contributed by atoms with Crippen LogP contribution in [0.25, 0.3) is 0 Å². The van der Waals surface area contributed by atoms with Gasteiger partial charge in [-0.05, 0) is 18.9 Å². The van der Waals surface area contributed by atoms with Crippen molar-refractivity contribution in [2.24, 2.45) is 0 Å². The first-order chi connectivity index (χ1) is 7.48. The number of hydrogen-bond donors (Lipinski definition) is 1. The van der Waals surface area contributed by atoms with E-state index in [1.807, 2.05) is 6.07 Å². The average molecular weight is 227 g/mol. The minimum Gasteiger partial charge on any atom is -0.369 e. The number of alkyl halides is 3. The number of nitrogens with zero attached hydrogens (tertiary/aromatic N) is 2. The van der Waals surface area contributed by atoms with Crippen molar-refractivity contribution < 1.29 is 13.2 Å². The Morgan fingerprint density at radius 3 is 2.62 bits per heavy atom. The number of rotatable bonds is 2. The van der Waals surface area contributed by atoms with Crippen LogP contribution in [-0.4, -0.2) is 16.7 Å². The third kappa shape index (κ3) is 1.69. The SMILES string of the molecule is N#Cc1ccncc1NC1(C(F)(F)F)CC1. The fraction of sp³-hybridized carbons (Fsp3) is 0.400. The fourth-order valence-electron chi connectivity index (χ4n) is 1.45. The minimum absolute atomic E-state index is 0.0380. The zero-order valence-electron chi connectivity index (χ0n) is 8.17. The molecule has 0 atom stereocenters. The molecule has 1 aromatic heterocycles.